The van der Waals surface area contributed by atoms with E-state index in [2.05, 4.69) is 10.0 Å². The molecule has 4 atom stereocenters. The number of azide groups is 1. The van der Waals surface area contributed by atoms with E-state index in [-0.39, 0.29) is 12.1 Å². The summed E-state index contributed by atoms with van der Waals surface area (Å²) in [7, 11) is 1.64. The van der Waals surface area contributed by atoms with E-state index in [4.69, 9.17) is 15.1 Å². The molecule has 1 fully saturated rings. The predicted octanol–water partition coefficient (Wildman–Crippen LogP) is 2.25. The van der Waals surface area contributed by atoms with Crippen molar-refractivity contribution in [2.75, 3.05) is 7.05 Å². The molecule has 1 N–H and O–H groups in total. The van der Waals surface area contributed by atoms with Crippen LogP contribution in [0, 0.1) is 0 Å². The summed E-state index contributed by atoms with van der Waals surface area (Å²) in [5.74, 6) is -0.455. The van der Waals surface area contributed by atoms with Gasteiger partial charge in [-0.05, 0) is 37.4 Å². The number of hydrogen-bond donors (Lipinski definition) is 1. The molecule has 0 aliphatic carbocycles. The molecule has 2 rings (SSSR count). The zero-order chi connectivity index (χ0) is 16.8. The second-order valence-electron chi connectivity index (χ2n) is 5.45. The van der Waals surface area contributed by atoms with E-state index >= 15 is 0 Å². The highest BCUT2D eigenvalue weighted by Crippen LogP contribution is 2.25. The first-order valence-corrected chi connectivity index (χ1v) is 7.41. The largest absolute Gasteiger partial charge is 0.368 e. The molecule has 0 saturated carbocycles. The Morgan fingerprint density at radius 1 is 1.48 bits per heavy atom. The van der Waals surface area contributed by atoms with Crippen molar-refractivity contribution in [2.24, 2.45) is 5.11 Å². The molecule has 1 aromatic carbocycles. The SMILES string of the molecule is C[C@@H]([C@@H]1CCC(N=[N+]=[N-])C(O)O1)N(C)OC(=O)c1ccccc1. The second kappa shape index (κ2) is 7.94. The molecule has 1 heterocycles. The van der Waals surface area contributed by atoms with Crippen molar-refractivity contribution in [2.45, 2.75) is 44.2 Å². The molecule has 0 aromatic heterocycles. The minimum atomic E-state index is -1.15. The van der Waals surface area contributed by atoms with E-state index in [1.54, 1.807) is 31.3 Å². The average molecular weight is 320 g/mol. The monoisotopic (exact) mass is 320 g/mol. The molecule has 0 radical (unpaired) electrons. The topological polar surface area (TPSA) is 108 Å². The van der Waals surface area contributed by atoms with Crippen molar-refractivity contribution in [3.05, 3.63) is 46.3 Å². The maximum Gasteiger partial charge on any atom is 0.357 e. The number of hydrogen-bond acceptors (Lipinski definition) is 6. The smallest absolute Gasteiger partial charge is 0.357 e. The predicted molar refractivity (Wildman–Crippen MR) is 82.1 cm³/mol. The van der Waals surface area contributed by atoms with Crippen molar-refractivity contribution in [3.8, 4) is 0 Å². The van der Waals surface area contributed by atoms with Gasteiger partial charge in [0.15, 0.2) is 6.29 Å². The lowest BCUT2D eigenvalue weighted by Gasteiger charge is -2.37. The summed E-state index contributed by atoms with van der Waals surface area (Å²) < 4.78 is 5.48. The van der Waals surface area contributed by atoms with Crippen LogP contribution in [0.15, 0.2) is 35.4 Å². The summed E-state index contributed by atoms with van der Waals surface area (Å²) in [4.78, 5) is 20.0. The zero-order valence-corrected chi connectivity index (χ0v) is 13.1. The van der Waals surface area contributed by atoms with Crippen LogP contribution in [0.25, 0.3) is 10.4 Å². The Kier molecular flexibility index (Phi) is 5.95. The third-order valence-electron chi connectivity index (χ3n) is 3.94. The van der Waals surface area contributed by atoms with E-state index < -0.39 is 18.3 Å². The quantitative estimate of drug-likeness (QED) is 0.387. The van der Waals surface area contributed by atoms with E-state index in [0.717, 1.165) is 0 Å². The van der Waals surface area contributed by atoms with E-state index in [1.165, 1.54) is 5.06 Å². The number of benzene rings is 1. The summed E-state index contributed by atoms with van der Waals surface area (Å²) in [6.07, 6.45) is -0.371. The third-order valence-corrected chi connectivity index (χ3v) is 3.94. The molecule has 1 aliphatic heterocycles. The Balaban J connectivity index is 1.91. The number of carbonyl (C=O) groups excluding carboxylic acids is 1. The van der Waals surface area contributed by atoms with Crippen LogP contribution in [0.2, 0.25) is 0 Å². The summed E-state index contributed by atoms with van der Waals surface area (Å²) in [5.41, 5.74) is 8.89. The lowest BCUT2D eigenvalue weighted by atomic mass is 10.00. The molecule has 1 saturated heterocycles. The van der Waals surface area contributed by atoms with Gasteiger partial charge in [-0.15, -0.1) is 5.06 Å². The highest BCUT2D eigenvalue weighted by molar-refractivity contribution is 5.89. The Hall–Kier alpha value is -2.12. The highest BCUT2D eigenvalue weighted by Gasteiger charge is 2.34. The first-order valence-electron chi connectivity index (χ1n) is 7.41. The van der Waals surface area contributed by atoms with E-state index in [0.29, 0.717) is 18.4 Å². The molecule has 8 heteroatoms. The number of aliphatic hydroxyl groups is 1. The number of likely N-dealkylation sites (N-methyl/N-ethyl adjacent to an activating group) is 1. The molecule has 8 nitrogen and oxygen atoms in total. The van der Waals surface area contributed by atoms with Crippen LogP contribution in [0.3, 0.4) is 0 Å². The third kappa shape index (κ3) is 4.43. The molecule has 0 amide bonds. The van der Waals surface area contributed by atoms with Crippen molar-refractivity contribution in [3.63, 3.8) is 0 Å². The molecule has 23 heavy (non-hydrogen) atoms. The van der Waals surface area contributed by atoms with Crippen LogP contribution in [-0.4, -0.2) is 47.7 Å². The summed E-state index contributed by atoms with van der Waals surface area (Å²) in [6, 6.07) is 7.84. The molecule has 0 spiro atoms. The number of carbonyl (C=O) groups is 1. The van der Waals surface area contributed by atoms with Gasteiger partial charge in [-0.1, -0.05) is 23.3 Å². The van der Waals surface area contributed by atoms with Gasteiger partial charge in [-0.25, -0.2) is 4.79 Å². The minimum Gasteiger partial charge on any atom is -0.368 e. The van der Waals surface area contributed by atoms with Crippen LogP contribution in [0.5, 0.6) is 0 Å². The van der Waals surface area contributed by atoms with Crippen LogP contribution in [-0.2, 0) is 9.57 Å². The van der Waals surface area contributed by atoms with Gasteiger partial charge in [0.25, 0.3) is 0 Å². The Bertz CT molecular complexity index is 576. The van der Waals surface area contributed by atoms with Gasteiger partial charge in [0.1, 0.15) is 0 Å². The lowest BCUT2D eigenvalue weighted by Crippen LogP contribution is -2.48. The molecule has 1 aromatic rings. The van der Waals surface area contributed by atoms with Crippen molar-refractivity contribution >= 4 is 5.97 Å². The first kappa shape index (κ1) is 17.2. The molecule has 1 aliphatic rings. The van der Waals surface area contributed by atoms with E-state index in [1.807, 2.05) is 13.0 Å². The van der Waals surface area contributed by atoms with Crippen molar-refractivity contribution in [1.82, 2.24) is 5.06 Å². The lowest BCUT2D eigenvalue weighted by molar-refractivity contribution is -0.215. The first-order chi connectivity index (χ1) is 11.0. The van der Waals surface area contributed by atoms with E-state index in [9.17, 15) is 9.90 Å². The van der Waals surface area contributed by atoms with Crippen LogP contribution in [0.4, 0.5) is 0 Å². The van der Waals surface area contributed by atoms with Gasteiger partial charge in [-0.2, -0.15) is 0 Å². The maximum absolute atomic E-state index is 12.0. The summed E-state index contributed by atoms with van der Waals surface area (Å²) in [6.45, 7) is 1.84. The fraction of sp³-hybridized carbons (Fsp3) is 0.533. The molecular formula is C15H20N4O4. The fourth-order valence-electron chi connectivity index (χ4n) is 2.43. The van der Waals surface area contributed by atoms with Crippen molar-refractivity contribution < 1.29 is 19.5 Å². The van der Waals surface area contributed by atoms with Gasteiger partial charge in [0.05, 0.1) is 23.8 Å². The maximum atomic E-state index is 12.0. The number of aliphatic hydroxyl groups excluding tert-OH is 1. The Morgan fingerprint density at radius 2 is 2.17 bits per heavy atom. The number of nitrogens with zero attached hydrogens (tertiary/aromatic N) is 4. The van der Waals surface area contributed by atoms with Crippen molar-refractivity contribution in [1.29, 1.82) is 0 Å². The van der Waals surface area contributed by atoms with Gasteiger partial charge in [0, 0.05) is 12.0 Å². The number of ether oxygens (including phenoxy) is 1. The normalized spacial score (nSPS) is 25.5. The second-order valence-corrected chi connectivity index (χ2v) is 5.45. The fourth-order valence-corrected chi connectivity index (χ4v) is 2.43. The summed E-state index contributed by atoms with van der Waals surface area (Å²) in [5, 5.41) is 14.8. The average Bonchev–Trinajstić information content (AvgIpc) is 2.57. The Morgan fingerprint density at radius 3 is 2.78 bits per heavy atom. The van der Waals surface area contributed by atoms with Crippen LogP contribution < -0.4 is 0 Å². The molecule has 124 valence electrons. The van der Waals surface area contributed by atoms with Crippen LogP contribution >= 0.6 is 0 Å². The minimum absolute atomic E-state index is 0.260. The van der Waals surface area contributed by atoms with Gasteiger partial charge < -0.3 is 14.7 Å². The standard InChI is InChI=1S/C15H20N4O4/c1-10(13-9-8-12(17-18-16)15(21)22-13)19(2)23-14(20)11-6-4-3-5-7-11/h3-7,10,12-13,15,21H,8-9H2,1-2H3/t10-,12?,13-,15?/m0/s1. The highest BCUT2D eigenvalue weighted by atomic mass is 16.7. The number of hydroxylamine groups is 2. The zero-order valence-electron chi connectivity index (χ0n) is 13.1. The van der Waals surface area contributed by atoms with Gasteiger partial charge >= 0.3 is 5.97 Å². The molecular weight excluding hydrogens is 300 g/mol. The molecule has 0 bridgehead atoms. The van der Waals surface area contributed by atoms with Gasteiger partial charge in [-0.3, -0.25) is 0 Å². The number of rotatable bonds is 5. The molecule has 2 unspecified atom stereocenters. The Labute approximate surface area is 134 Å². The summed E-state index contributed by atoms with van der Waals surface area (Å²) >= 11 is 0. The van der Waals surface area contributed by atoms with Gasteiger partial charge in [0.2, 0.25) is 0 Å². The van der Waals surface area contributed by atoms with Crippen LogP contribution in [0.1, 0.15) is 30.1 Å².